The molecule has 0 spiro atoms. The van der Waals surface area contributed by atoms with E-state index in [0.717, 1.165) is 49.2 Å². The third-order valence-electron chi connectivity index (χ3n) is 8.22. The Balaban J connectivity index is 1.13. The topological polar surface area (TPSA) is 90.0 Å². The van der Waals surface area contributed by atoms with Gasteiger partial charge >= 0.3 is 0 Å². The highest BCUT2D eigenvalue weighted by Crippen LogP contribution is 2.31. The Morgan fingerprint density at radius 1 is 0.829 bits per heavy atom. The molecule has 0 radical (unpaired) electrons. The highest BCUT2D eigenvalue weighted by Gasteiger charge is 2.44. The lowest BCUT2D eigenvalue weighted by atomic mass is 9.86. The summed E-state index contributed by atoms with van der Waals surface area (Å²) in [5.41, 5.74) is 1.62. The molecule has 35 heavy (non-hydrogen) atoms. The molecule has 188 valence electrons. The number of nitrogens with zero attached hydrogens (tertiary/aromatic N) is 3. The van der Waals surface area contributed by atoms with Crippen LogP contribution in [0.5, 0.6) is 0 Å². The van der Waals surface area contributed by atoms with Crippen molar-refractivity contribution >= 4 is 29.3 Å². The van der Waals surface area contributed by atoms with Gasteiger partial charge in [0.25, 0.3) is 11.8 Å². The number of imide groups is 2. The van der Waals surface area contributed by atoms with Crippen molar-refractivity contribution in [2.24, 2.45) is 5.92 Å². The van der Waals surface area contributed by atoms with E-state index in [1.165, 1.54) is 51.4 Å². The number of hydrogen-bond acceptors (Lipinski definition) is 6. The summed E-state index contributed by atoms with van der Waals surface area (Å²) in [5, 5.41) is 2.24. The lowest BCUT2D eigenvalue weighted by Gasteiger charge is -2.36. The maximum Gasteiger partial charge on any atom is 0.262 e. The van der Waals surface area contributed by atoms with Gasteiger partial charge in [-0.2, -0.15) is 0 Å². The van der Waals surface area contributed by atoms with Crippen molar-refractivity contribution in [1.29, 1.82) is 0 Å². The maximum absolute atomic E-state index is 13.1. The molecule has 0 aromatic heterocycles. The molecule has 3 fully saturated rings. The maximum atomic E-state index is 13.1. The first-order chi connectivity index (χ1) is 17.0. The number of hydrogen-bond donors (Lipinski definition) is 1. The Kier molecular flexibility index (Phi) is 7.18. The second-order valence-corrected chi connectivity index (χ2v) is 10.5. The normalized spacial score (nSPS) is 24.2. The molecular formula is C27H36N4O4. The van der Waals surface area contributed by atoms with E-state index in [4.69, 9.17) is 0 Å². The molecule has 4 amide bonds. The van der Waals surface area contributed by atoms with Crippen molar-refractivity contribution in [2.75, 3.05) is 37.6 Å². The predicted octanol–water partition coefficient (Wildman–Crippen LogP) is 2.96. The van der Waals surface area contributed by atoms with E-state index >= 15 is 0 Å². The minimum atomic E-state index is -0.926. The summed E-state index contributed by atoms with van der Waals surface area (Å²) < 4.78 is 0. The second kappa shape index (κ2) is 10.5. The number of carbonyl (C=O) groups excluding carboxylic acids is 4. The molecule has 2 saturated heterocycles. The van der Waals surface area contributed by atoms with E-state index < -0.39 is 23.8 Å². The van der Waals surface area contributed by atoms with Gasteiger partial charge < -0.3 is 4.90 Å². The third kappa shape index (κ3) is 5.13. The van der Waals surface area contributed by atoms with Crippen LogP contribution in [0.2, 0.25) is 0 Å². The van der Waals surface area contributed by atoms with Crippen molar-refractivity contribution in [3.63, 3.8) is 0 Å². The molecular weight excluding hydrogens is 444 g/mol. The van der Waals surface area contributed by atoms with Crippen molar-refractivity contribution in [3.05, 3.63) is 29.3 Å². The third-order valence-corrected chi connectivity index (χ3v) is 8.22. The second-order valence-electron chi connectivity index (χ2n) is 10.5. The Labute approximate surface area is 207 Å². The first kappa shape index (κ1) is 24.0. The number of unbranched alkanes of at least 4 members (excludes halogenated alkanes) is 1. The van der Waals surface area contributed by atoms with Crippen LogP contribution in [-0.2, 0) is 9.59 Å². The zero-order valence-electron chi connectivity index (χ0n) is 20.5. The molecule has 1 N–H and O–H groups in total. The minimum absolute atomic E-state index is 0.125. The summed E-state index contributed by atoms with van der Waals surface area (Å²) in [5.74, 6) is -0.887. The largest absolute Gasteiger partial charge is 0.369 e. The predicted molar refractivity (Wildman–Crippen MR) is 132 cm³/mol. The summed E-state index contributed by atoms with van der Waals surface area (Å²) in [6, 6.07) is 4.47. The molecule has 1 saturated carbocycles. The van der Waals surface area contributed by atoms with Crippen LogP contribution in [0.25, 0.3) is 0 Å². The van der Waals surface area contributed by atoms with E-state index in [-0.39, 0.29) is 18.7 Å². The van der Waals surface area contributed by atoms with Crippen LogP contribution in [0.1, 0.15) is 84.9 Å². The van der Waals surface area contributed by atoms with Gasteiger partial charge in [0, 0.05) is 38.3 Å². The number of amides is 4. The molecule has 1 unspecified atom stereocenters. The van der Waals surface area contributed by atoms with Crippen LogP contribution in [-0.4, -0.2) is 72.2 Å². The SMILES string of the molecule is O=C1CCC(N2C(=O)c3ccc(N4CCN(CCCCC5CCCCC5)CC4)cc3C2=O)C(=O)N1. The van der Waals surface area contributed by atoms with E-state index in [1.807, 2.05) is 6.07 Å². The Morgan fingerprint density at radius 3 is 2.31 bits per heavy atom. The zero-order valence-corrected chi connectivity index (χ0v) is 20.5. The van der Waals surface area contributed by atoms with Gasteiger partial charge in [-0.05, 0) is 43.5 Å². The molecule has 5 rings (SSSR count). The Hall–Kier alpha value is -2.74. The number of carbonyl (C=O) groups is 4. The molecule has 1 atom stereocenters. The average Bonchev–Trinajstić information content (AvgIpc) is 3.12. The number of piperidine rings is 1. The number of benzene rings is 1. The van der Waals surface area contributed by atoms with E-state index in [2.05, 4.69) is 15.1 Å². The lowest BCUT2D eigenvalue weighted by Crippen LogP contribution is -2.54. The molecule has 0 bridgehead atoms. The standard InChI is InChI=1S/C27H36N4O4/c32-24-12-11-23(25(33)28-24)31-26(34)21-10-9-20(18-22(21)27(31)35)30-16-14-29(15-17-30)13-5-4-8-19-6-2-1-3-7-19/h9-10,18-19,23H,1-8,11-17H2,(H,28,32,33). The molecule has 4 aliphatic rings. The van der Waals surface area contributed by atoms with Gasteiger partial charge in [-0.1, -0.05) is 44.9 Å². The van der Waals surface area contributed by atoms with Crippen LogP contribution < -0.4 is 10.2 Å². The van der Waals surface area contributed by atoms with Gasteiger partial charge in [0.05, 0.1) is 11.1 Å². The van der Waals surface area contributed by atoms with E-state index in [9.17, 15) is 19.2 Å². The summed E-state index contributed by atoms with van der Waals surface area (Å²) >= 11 is 0. The van der Waals surface area contributed by atoms with Gasteiger partial charge in [-0.3, -0.25) is 34.3 Å². The highest BCUT2D eigenvalue weighted by atomic mass is 16.2. The number of piperazine rings is 1. The van der Waals surface area contributed by atoms with Crippen LogP contribution in [0, 0.1) is 5.92 Å². The van der Waals surface area contributed by atoms with Gasteiger partial charge in [0.1, 0.15) is 6.04 Å². The molecule has 3 aliphatic heterocycles. The van der Waals surface area contributed by atoms with Gasteiger partial charge in [-0.15, -0.1) is 0 Å². The van der Waals surface area contributed by atoms with E-state index in [0.29, 0.717) is 11.1 Å². The molecule has 1 aromatic rings. The van der Waals surface area contributed by atoms with Crippen LogP contribution in [0.4, 0.5) is 5.69 Å². The molecule has 1 aromatic carbocycles. The van der Waals surface area contributed by atoms with Crippen LogP contribution in [0.3, 0.4) is 0 Å². The fraction of sp³-hybridized carbons (Fsp3) is 0.630. The smallest absolute Gasteiger partial charge is 0.262 e. The number of rotatable bonds is 7. The molecule has 8 nitrogen and oxygen atoms in total. The summed E-state index contributed by atoms with van der Waals surface area (Å²) in [4.78, 5) is 55.6. The fourth-order valence-corrected chi connectivity index (χ4v) is 6.13. The van der Waals surface area contributed by atoms with Gasteiger partial charge in [0.2, 0.25) is 11.8 Å². The first-order valence-corrected chi connectivity index (χ1v) is 13.3. The fourth-order valence-electron chi connectivity index (χ4n) is 6.13. The van der Waals surface area contributed by atoms with E-state index in [1.54, 1.807) is 12.1 Å². The molecule has 1 aliphatic carbocycles. The summed E-state index contributed by atoms with van der Waals surface area (Å²) in [6.07, 6.45) is 11.4. The van der Waals surface area contributed by atoms with Crippen molar-refractivity contribution in [2.45, 2.75) is 70.3 Å². The van der Waals surface area contributed by atoms with Gasteiger partial charge in [-0.25, -0.2) is 0 Å². The Morgan fingerprint density at radius 2 is 1.57 bits per heavy atom. The van der Waals surface area contributed by atoms with Crippen LogP contribution in [0.15, 0.2) is 18.2 Å². The number of anilines is 1. The average molecular weight is 481 g/mol. The van der Waals surface area contributed by atoms with Crippen molar-refractivity contribution in [3.8, 4) is 0 Å². The van der Waals surface area contributed by atoms with Crippen molar-refractivity contribution in [1.82, 2.24) is 15.1 Å². The number of nitrogens with one attached hydrogen (secondary N) is 1. The van der Waals surface area contributed by atoms with Crippen LogP contribution >= 0.6 is 0 Å². The van der Waals surface area contributed by atoms with Crippen molar-refractivity contribution < 1.29 is 19.2 Å². The quantitative estimate of drug-likeness (QED) is 0.477. The molecule has 8 heteroatoms. The summed E-state index contributed by atoms with van der Waals surface area (Å²) in [6.45, 7) is 4.92. The Bertz CT molecular complexity index is 995. The molecule has 3 heterocycles. The monoisotopic (exact) mass is 480 g/mol. The summed E-state index contributed by atoms with van der Waals surface area (Å²) in [7, 11) is 0. The lowest BCUT2D eigenvalue weighted by molar-refractivity contribution is -0.136. The first-order valence-electron chi connectivity index (χ1n) is 13.3. The minimum Gasteiger partial charge on any atom is -0.369 e. The number of fused-ring (bicyclic) bond motifs is 1. The van der Waals surface area contributed by atoms with Gasteiger partial charge in [0.15, 0.2) is 0 Å². The highest BCUT2D eigenvalue weighted by molar-refractivity contribution is 6.23. The zero-order chi connectivity index (χ0) is 24.4.